The molecule has 0 aliphatic rings. The van der Waals surface area contributed by atoms with Gasteiger partial charge in [0.15, 0.2) is 0 Å². The second kappa shape index (κ2) is 6.14. The Balaban J connectivity index is 2.88. The Morgan fingerprint density at radius 3 is 2.47 bits per heavy atom. The number of aliphatic hydroxyl groups excluding tert-OH is 1. The van der Waals surface area contributed by atoms with E-state index in [1.165, 1.54) is 0 Å². The molecule has 19 heavy (non-hydrogen) atoms. The van der Waals surface area contributed by atoms with Crippen LogP contribution < -0.4 is 0 Å². The summed E-state index contributed by atoms with van der Waals surface area (Å²) in [4.78, 5) is 18.3. The molecule has 0 aliphatic heterocycles. The van der Waals surface area contributed by atoms with Crippen molar-refractivity contribution in [2.75, 3.05) is 13.2 Å². The van der Waals surface area contributed by atoms with E-state index in [1.807, 2.05) is 34.6 Å². The molecular formula is C13H24N4O2. The molecule has 0 unspecified atom stereocenters. The third-order valence-corrected chi connectivity index (χ3v) is 2.83. The molecule has 1 aromatic rings. The summed E-state index contributed by atoms with van der Waals surface area (Å²) in [5.41, 5.74) is -0.167. The molecule has 0 saturated carbocycles. The van der Waals surface area contributed by atoms with E-state index in [4.69, 9.17) is 5.11 Å². The highest BCUT2D eigenvalue weighted by Crippen LogP contribution is 2.18. The van der Waals surface area contributed by atoms with Crippen LogP contribution in [0.15, 0.2) is 0 Å². The molecule has 0 aromatic carbocycles. The number of nitrogens with zero attached hydrogens (tertiary/aromatic N) is 3. The minimum atomic E-state index is -0.199. The third-order valence-electron chi connectivity index (χ3n) is 2.83. The molecule has 0 saturated heterocycles. The Bertz CT molecular complexity index is 421. The van der Waals surface area contributed by atoms with Crippen molar-refractivity contribution in [1.82, 2.24) is 20.1 Å². The van der Waals surface area contributed by atoms with E-state index in [-0.39, 0.29) is 29.8 Å². The SMILES string of the molecule is CC(C)N(CCCO)C(=O)c1n[nH]c(C(C)(C)C)n1. The molecule has 0 bridgehead atoms. The summed E-state index contributed by atoms with van der Waals surface area (Å²) in [6.45, 7) is 10.5. The summed E-state index contributed by atoms with van der Waals surface area (Å²) in [6, 6.07) is 0.0515. The zero-order valence-corrected chi connectivity index (χ0v) is 12.4. The molecule has 108 valence electrons. The average molecular weight is 268 g/mol. The van der Waals surface area contributed by atoms with Crippen LogP contribution in [-0.4, -0.2) is 50.3 Å². The summed E-state index contributed by atoms with van der Waals surface area (Å²) in [5.74, 6) is 0.688. The second-order valence-corrected chi connectivity index (χ2v) is 5.93. The molecule has 0 radical (unpaired) electrons. The maximum absolute atomic E-state index is 12.3. The Morgan fingerprint density at radius 1 is 1.42 bits per heavy atom. The fourth-order valence-corrected chi connectivity index (χ4v) is 1.66. The topological polar surface area (TPSA) is 82.1 Å². The van der Waals surface area contributed by atoms with Gasteiger partial charge in [-0.05, 0) is 20.3 Å². The van der Waals surface area contributed by atoms with E-state index < -0.39 is 0 Å². The fourth-order valence-electron chi connectivity index (χ4n) is 1.66. The minimum Gasteiger partial charge on any atom is -0.396 e. The van der Waals surface area contributed by atoms with Gasteiger partial charge in [-0.15, -0.1) is 5.10 Å². The van der Waals surface area contributed by atoms with E-state index in [2.05, 4.69) is 15.2 Å². The van der Waals surface area contributed by atoms with Gasteiger partial charge >= 0.3 is 0 Å². The van der Waals surface area contributed by atoms with Crippen molar-refractivity contribution < 1.29 is 9.90 Å². The first kappa shape index (κ1) is 15.6. The van der Waals surface area contributed by atoms with Crippen LogP contribution in [0.5, 0.6) is 0 Å². The zero-order chi connectivity index (χ0) is 14.6. The van der Waals surface area contributed by atoms with Crippen LogP contribution in [0, 0.1) is 0 Å². The molecule has 0 spiro atoms. The van der Waals surface area contributed by atoms with E-state index in [0.717, 1.165) is 0 Å². The molecule has 0 aliphatic carbocycles. The van der Waals surface area contributed by atoms with Gasteiger partial charge in [-0.3, -0.25) is 9.89 Å². The summed E-state index contributed by atoms with van der Waals surface area (Å²) in [5, 5.41) is 15.7. The van der Waals surface area contributed by atoms with Gasteiger partial charge in [0.1, 0.15) is 5.82 Å². The minimum absolute atomic E-state index is 0.0515. The Morgan fingerprint density at radius 2 is 2.05 bits per heavy atom. The lowest BCUT2D eigenvalue weighted by Gasteiger charge is -2.25. The van der Waals surface area contributed by atoms with Gasteiger partial charge in [0.05, 0.1) is 0 Å². The van der Waals surface area contributed by atoms with Crippen molar-refractivity contribution in [2.24, 2.45) is 0 Å². The number of aromatic nitrogens is 3. The highest BCUT2D eigenvalue weighted by molar-refractivity contribution is 5.90. The molecule has 1 rings (SSSR count). The monoisotopic (exact) mass is 268 g/mol. The maximum atomic E-state index is 12.3. The van der Waals surface area contributed by atoms with Crippen LogP contribution in [0.25, 0.3) is 0 Å². The number of nitrogens with one attached hydrogen (secondary N) is 1. The Labute approximate surface area is 114 Å². The molecule has 2 N–H and O–H groups in total. The lowest BCUT2D eigenvalue weighted by Crippen LogP contribution is -2.38. The molecule has 1 heterocycles. The van der Waals surface area contributed by atoms with Gasteiger partial charge in [-0.1, -0.05) is 20.8 Å². The quantitative estimate of drug-likeness (QED) is 0.844. The van der Waals surface area contributed by atoms with E-state index in [0.29, 0.717) is 18.8 Å². The number of hydrogen-bond acceptors (Lipinski definition) is 4. The molecule has 1 amide bonds. The summed E-state index contributed by atoms with van der Waals surface area (Å²) < 4.78 is 0. The van der Waals surface area contributed by atoms with Crippen LogP contribution in [-0.2, 0) is 5.41 Å². The summed E-state index contributed by atoms with van der Waals surface area (Å²) >= 11 is 0. The first-order valence-electron chi connectivity index (χ1n) is 6.62. The second-order valence-electron chi connectivity index (χ2n) is 5.93. The predicted octanol–water partition coefficient (Wildman–Crippen LogP) is 1.34. The Kier molecular flexibility index (Phi) is 5.05. The molecule has 6 nitrogen and oxygen atoms in total. The van der Waals surface area contributed by atoms with Crippen LogP contribution >= 0.6 is 0 Å². The van der Waals surface area contributed by atoms with Gasteiger partial charge in [0.2, 0.25) is 5.82 Å². The van der Waals surface area contributed by atoms with Gasteiger partial charge < -0.3 is 10.0 Å². The highest BCUT2D eigenvalue weighted by Gasteiger charge is 2.25. The van der Waals surface area contributed by atoms with Gasteiger partial charge in [0, 0.05) is 24.6 Å². The number of amides is 1. The molecule has 0 atom stereocenters. The lowest BCUT2D eigenvalue weighted by atomic mass is 9.96. The molecular weight excluding hydrogens is 244 g/mol. The number of aromatic amines is 1. The van der Waals surface area contributed by atoms with Crippen molar-refractivity contribution in [2.45, 2.75) is 52.5 Å². The normalized spacial score (nSPS) is 11.9. The predicted molar refractivity (Wildman–Crippen MR) is 73.0 cm³/mol. The van der Waals surface area contributed by atoms with Crippen molar-refractivity contribution in [3.8, 4) is 0 Å². The fraction of sp³-hybridized carbons (Fsp3) is 0.769. The van der Waals surface area contributed by atoms with Crippen molar-refractivity contribution >= 4 is 5.91 Å². The first-order chi connectivity index (χ1) is 8.77. The standard InChI is InChI=1S/C13H24N4O2/c1-9(2)17(7-6-8-18)11(19)10-14-12(16-15-10)13(3,4)5/h9,18H,6-8H2,1-5H3,(H,14,15,16). The number of rotatable bonds is 5. The van der Waals surface area contributed by atoms with Gasteiger partial charge in [-0.2, -0.15) is 0 Å². The van der Waals surface area contributed by atoms with Gasteiger partial charge in [-0.25, -0.2) is 4.98 Å². The van der Waals surface area contributed by atoms with Crippen molar-refractivity contribution in [1.29, 1.82) is 0 Å². The molecule has 6 heteroatoms. The first-order valence-corrected chi connectivity index (χ1v) is 6.62. The maximum Gasteiger partial charge on any atom is 0.293 e. The summed E-state index contributed by atoms with van der Waals surface area (Å²) in [7, 11) is 0. The average Bonchev–Trinajstić information content (AvgIpc) is 2.77. The van der Waals surface area contributed by atoms with Crippen LogP contribution in [0.4, 0.5) is 0 Å². The number of carbonyl (C=O) groups excluding carboxylic acids is 1. The van der Waals surface area contributed by atoms with Gasteiger partial charge in [0.25, 0.3) is 5.91 Å². The smallest absolute Gasteiger partial charge is 0.293 e. The highest BCUT2D eigenvalue weighted by atomic mass is 16.3. The van der Waals surface area contributed by atoms with Crippen LogP contribution in [0.1, 0.15) is 57.5 Å². The molecule has 1 aromatic heterocycles. The Hall–Kier alpha value is -1.43. The van der Waals surface area contributed by atoms with Crippen LogP contribution in [0.3, 0.4) is 0 Å². The third kappa shape index (κ3) is 4.02. The summed E-state index contributed by atoms with van der Waals surface area (Å²) in [6.07, 6.45) is 0.556. The molecule has 0 fully saturated rings. The lowest BCUT2D eigenvalue weighted by molar-refractivity contribution is 0.0681. The van der Waals surface area contributed by atoms with Crippen LogP contribution in [0.2, 0.25) is 0 Å². The zero-order valence-electron chi connectivity index (χ0n) is 12.4. The number of H-pyrrole nitrogens is 1. The number of carbonyl (C=O) groups is 1. The van der Waals surface area contributed by atoms with E-state index >= 15 is 0 Å². The van der Waals surface area contributed by atoms with Crippen molar-refractivity contribution in [3.63, 3.8) is 0 Å². The van der Waals surface area contributed by atoms with E-state index in [9.17, 15) is 4.79 Å². The van der Waals surface area contributed by atoms with Crippen molar-refractivity contribution in [3.05, 3.63) is 11.6 Å². The number of aliphatic hydroxyl groups is 1. The van der Waals surface area contributed by atoms with E-state index in [1.54, 1.807) is 4.90 Å². The number of hydrogen-bond donors (Lipinski definition) is 2. The largest absolute Gasteiger partial charge is 0.396 e.